The molecule has 0 aromatic heterocycles. The number of halogens is 1. The number of carbonyl (C=O) groups is 2. The van der Waals surface area contributed by atoms with Gasteiger partial charge in [0.25, 0.3) is 5.91 Å². The summed E-state index contributed by atoms with van der Waals surface area (Å²) in [5, 5.41) is 3.48. The Bertz CT molecular complexity index is 542. The zero-order valence-corrected chi connectivity index (χ0v) is 13.7. The Kier molecular flexibility index (Phi) is 5.80. The number of piperidine rings is 1. The lowest BCUT2D eigenvalue weighted by Crippen LogP contribution is -3.17. The van der Waals surface area contributed by atoms with Crippen LogP contribution in [0, 0.1) is 5.92 Å². The Labute approximate surface area is 135 Å². The lowest BCUT2D eigenvalue weighted by atomic mass is 9.96. The molecule has 0 unspecified atom stereocenters. The van der Waals surface area contributed by atoms with Crippen LogP contribution in [0.3, 0.4) is 0 Å². The SMILES string of the molecule is COC(=O)C1CC[NH+]([C@@H](C)C(=O)Nc2cccc(Cl)c2)CC1. The van der Waals surface area contributed by atoms with Gasteiger partial charge < -0.3 is 15.0 Å². The predicted molar refractivity (Wildman–Crippen MR) is 85.0 cm³/mol. The van der Waals surface area contributed by atoms with E-state index in [0.29, 0.717) is 10.7 Å². The second kappa shape index (κ2) is 7.61. The fraction of sp³-hybridized carbons (Fsp3) is 0.500. The van der Waals surface area contributed by atoms with Crippen molar-refractivity contribution in [2.24, 2.45) is 5.92 Å². The largest absolute Gasteiger partial charge is 0.469 e. The molecule has 0 bridgehead atoms. The number of amides is 1. The summed E-state index contributed by atoms with van der Waals surface area (Å²) in [5.41, 5.74) is 0.702. The van der Waals surface area contributed by atoms with Gasteiger partial charge in [0, 0.05) is 23.6 Å². The van der Waals surface area contributed by atoms with E-state index in [-0.39, 0.29) is 23.8 Å². The van der Waals surface area contributed by atoms with Crippen molar-refractivity contribution >= 4 is 29.2 Å². The molecule has 1 saturated heterocycles. The lowest BCUT2D eigenvalue weighted by Gasteiger charge is -2.31. The highest BCUT2D eigenvalue weighted by Gasteiger charge is 2.33. The van der Waals surface area contributed by atoms with E-state index in [0.717, 1.165) is 25.9 Å². The first kappa shape index (κ1) is 16.8. The van der Waals surface area contributed by atoms with E-state index in [1.807, 2.05) is 13.0 Å². The van der Waals surface area contributed by atoms with Crippen LogP contribution in [0.4, 0.5) is 5.69 Å². The number of hydrogen-bond donors (Lipinski definition) is 2. The number of anilines is 1. The standard InChI is InChI=1S/C16H21ClN2O3/c1-11(15(20)18-14-5-3-4-13(17)10-14)19-8-6-12(7-9-19)16(21)22-2/h3-5,10-12H,6-9H2,1-2H3,(H,18,20)/p+1/t11-/m0/s1. The van der Waals surface area contributed by atoms with Gasteiger partial charge >= 0.3 is 5.97 Å². The monoisotopic (exact) mass is 325 g/mol. The minimum Gasteiger partial charge on any atom is -0.469 e. The van der Waals surface area contributed by atoms with Gasteiger partial charge in [-0.2, -0.15) is 0 Å². The van der Waals surface area contributed by atoms with Crippen LogP contribution in [0.1, 0.15) is 19.8 Å². The Morgan fingerprint density at radius 3 is 2.64 bits per heavy atom. The Morgan fingerprint density at radius 1 is 1.36 bits per heavy atom. The second-order valence-electron chi connectivity index (χ2n) is 5.68. The van der Waals surface area contributed by atoms with Gasteiger partial charge in [0.15, 0.2) is 6.04 Å². The van der Waals surface area contributed by atoms with E-state index in [2.05, 4.69) is 5.32 Å². The van der Waals surface area contributed by atoms with Gasteiger partial charge in [-0.05, 0) is 25.1 Å². The smallest absolute Gasteiger partial charge is 0.309 e. The fourth-order valence-corrected chi connectivity index (χ4v) is 3.02. The lowest BCUT2D eigenvalue weighted by molar-refractivity contribution is -0.919. The number of quaternary nitrogens is 1. The molecule has 0 saturated carbocycles. The number of rotatable bonds is 4. The third kappa shape index (κ3) is 4.21. The van der Waals surface area contributed by atoms with Crippen LogP contribution in [0.2, 0.25) is 5.02 Å². The highest BCUT2D eigenvalue weighted by molar-refractivity contribution is 6.30. The summed E-state index contributed by atoms with van der Waals surface area (Å²) in [6.45, 7) is 3.50. The van der Waals surface area contributed by atoms with E-state index in [1.54, 1.807) is 18.2 Å². The van der Waals surface area contributed by atoms with Gasteiger partial charge in [0.2, 0.25) is 0 Å². The van der Waals surface area contributed by atoms with Gasteiger partial charge in [-0.15, -0.1) is 0 Å². The summed E-state index contributed by atoms with van der Waals surface area (Å²) in [6, 6.07) is 6.94. The molecule has 1 amide bonds. The van der Waals surface area contributed by atoms with Gasteiger partial charge in [-0.1, -0.05) is 17.7 Å². The van der Waals surface area contributed by atoms with E-state index in [4.69, 9.17) is 16.3 Å². The normalized spacial score (nSPS) is 22.7. The first-order chi connectivity index (χ1) is 10.5. The second-order valence-corrected chi connectivity index (χ2v) is 6.11. The molecule has 1 atom stereocenters. The summed E-state index contributed by atoms with van der Waals surface area (Å²) >= 11 is 5.92. The topological polar surface area (TPSA) is 59.8 Å². The van der Waals surface area contributed by atoms with E-state index in [9.17, 15) is 9.59 Å². The van der Waals surface area contributed by atoms with Gasteiger partial charge in [-0.25, -0.2) is 0 Å². The van der Waals surface area contributed by atoms with Gasteiger partial charge in [-0.3, -0.25) is 9.59 Å². The number of ether oxygens (including phenoxy) is 1. The Balaban J connectivity index is 1.88. The molecule has 1 aliphatic rings. The van der Waals surface area contributed by atoms with Crippen LogP contribution in [0.15, 0.2) is 24.3 Å². The minimum atomic E-state index is -0.169. The van der Waals surface area contributed by atoms with Gasteiger partial charge in [0.05, 0.1) is 26.1 Å². The first-order valence-electron chi connectivity index (χ1n) is 7.50. The van der Waals surface area contributed by atoms with Crippen molar-refractivity contribution in [1.82, 2.24) is 0 Å². The summed E-state index contributed by atoms with van der Waals surface area (Å²) in [7, 11) is 1.42. The molecule has 1 aromatic carbocycles. The number of methoxy groups -OCH3 is 1. The number of likely N-dealkylation sites (tertiary alicyclic amines) is 1. The molecule has 2 rings (SSSR count). The van der Waals surface area contributed by atoms with Crippen LogP contribution in [-0.2, 0) is 14.3 Å². The maximum absolute atomic E-state index is 12.3. The number of nitrogens with one attached hydrogen (secondary N) is 2. The highest BCUT2D eigenvalue weighted by atomic mass is 35.5. The van der Waals surface area contributed by atoms with Crippen molar-refractivity contribution in [2.75, 3.05) is 25.5 Å². The maximum Gasteiger partial charge on any atom is 0.309 e. The average molecular weight is 326 g/mol. The highest BCUT2D eigenvalue weighted by Crippen LogP contribution is 2.15. The molecule has 6 heteroatoms. The fourth-order valence-electron chi connectivity index (χ4n) is 2.83. The molecule has 5 nitrogen and oxygen atoms in total. The zero-order chi connectivity index (χ0) is 16.1. The van der Waals surface area contributed by atoms with Crippen molar-refractivity contribution in [1.29, 1.82) is 0 Å². The molecule has 1 aliphatic heterocycles. The number of esters is 1. The van der Waals surface area contributed by atoms with Crippen molar-refractivity contribution < 1.29 is 19.2 Å². The molecule has 0 spiro atoms. The van der Waals surface area contributed by atoms with E-state index < -0.39 is 0 Å². The van der Waals surface area contributed by atoms with Crippen LogP contribution in [0.5, 0.6) is 0 Å². The Hall–Kier alpha value is -1.59. The molecular weight excluding hydrogens is 304 g/mol. The molecule has 0 aliphatic carbocycles. The average Bonchev–Trinajstić information content (AvgIpc) is 2.53. The summed E-state index contributed by atoms with van der Waals surface area (Å²) < 4.78 is 4.78. The summed E-state index contributed by atoms with van der Waals surface area (Å²) in [5.74, 6) is -0.208. The minimum absolute atomic E-state index is 0.0306. The van der Waals surface area contributed by atoms with Crippen molar-refractivity contribution in [3.05, 3.63) is 29.3 Å². The number of benzene rings is 1. The molecule has 0 radical (unpaired) electrons. The van der Waals surface area contributed by atoms with Crippen molar-refractivity contribution in [3.63, 3.8) is 0 Å². The zero-order valence-electron chi connectivity index (χ0n) is 12.9. The van der Waals surface area contributed by atoms with Crippen LogP contribution < -0.4 is 10.2 Å². The summed E-state index contributed by atoms with van der Waals surface area (Å²) in [4.78, 5) is 25.0. The molecule has 1 aromatic rings. The first-order valence-corrected chi connectivity index (χ1v) is 7.88. The maximum atomic E-state index is 12.3. The Morgan fingerprint density at radius 2 is 2.05 bits per heavy atom. The molecule has 120 valence electrons. The quantitative estimate of drug-likeness (QED) is 0.816. The molecule has 2 N–H and O–H groups in total. The third-order valence-corrected chi connectivity index (χ3v) is 4.50. The molecular formula is C16H22ClN2O3+. The van der Waals surface area contributed by atoms with E-state index >= 15 is 0 Å². The number of carbonyl (C=O) groups excluding carboxylic acids is 2. The van der Waals surface area contributed by atoms with E-state index in [1.165, 1.54) is 12.0 Å². The van der Waals surface area contributed by atoms with Crippen LogP contribution in [0.25, 0.3) is 0 Å². The van der Waals surface area contributed by atoms with Crippen molar-refractivity contribution in [3.8, 4) is 0 Å². The molecule has 1 heterocycles. The predicted octanol–water partition coefficient (Wildman–Crippen LogP) is 1.13. The molecule has 1 fully saturated rings. The summed E-state index contributed by atoms with van der Waals surface area (Å²) in [6.07, 6.45) is 1.52. The third-order valence-electron chi connectivity index (χ3n) is 4.26. The molecule has 22 heavy (non-hydrogen) atoms. The van der Waals surface area contributed by atoms with Crippen molar-refractivity contribution in [2.45, 2.75) is 25.8 Å². The van der Waals surface area contributed by atoms with Crippen LogP contribution >= 0.6 is 11.6 Å². The van der Waals surface area contributed by atoms with Crippen LogP contribution in [-0.4, -0.2) is 38.1 Å². The number of hydrogen-bond acceptors (Lipinski definition) is 3. The van der Waals surface area contributed by atoms with Gasteiger partial charge in [0.1, 0.15) is 0 Å².